The SMILES string of the molecule is CCS(=O)(=O)NCCCN=C(N)Nc1ccc(OC)cc1.I. The third-order valence-electron chi connectivity index (χ3n) is 2.68. The van der Waals surface area contributed by atoms with Gasteiger partial charge in [0.15, 0.2) is 5.96 Å². The van der Waals surface area contributed by atoms with E-state index in [1.807, 2.05) is 24.3 Å². The number of halogens is 1. The molecule has 1 rings (SSSR count). The maximum Gasteiger partial charge on any atom is 0.211 e. The van der Waals surface area contributed by atoms with E-state index in [9.17, 15) is 8.42 Å². The highest BCUT2D eigenvalue weighted by Crippen LogP contribution is 2.14. The van der Waals surface area contributed by atoms with Crippen molar-refractivity contribution in [3.8, 4) is 5.75 Å². The molecule has 0 fully saturated rings. The number of anilines is 1. The van der Waals surface area contributed by atoms with Gasteiger partial charge < -0.3 is 15.8 Å². The number of nitrogens with zero attached hydrogens (tertiary/aromatic N) is 1. The summed E-state index contributed by atoms with van der Waals surface area (Å²) in [4.78, 5) is 4.12. The van der Waals surface area contributed by atoms with Crippen molar-refractivity contribution in [3.05, 3.63) is 24.3 Å². The van der Waals surface area contributed by atoms with Crippen LogP contribution in [0.5, 0.6) is 5.75 Å². The number of aliphatic imine (C=N–C) groups is 1. The molecule has 0 aliphatic heterocycles. The maximum atomic E-state index is 11.2. The average Bonchev–Trinajstić information content (AvgIpc) is 2.47. The minimum absolute atomic E-state index is 0. The fraction of sp³-hybridized carbons (Fsp3) is 0.462. The van der Waals surface area contributed by atoms with Crippen molar-refractivity contribution in [1.82, 2.24) is 4.72 Å². The summed E-state index contributed by atoms with van der Waals surface area (Å²) < 4.78 is 29.9. The van der Waals surface area contributed by atoms with E-state index in [0.29, 0.717) is 25.5 Å². The maximum absolute atomic E-state index is 11.2. The van der Waals surface area contributed by atoms with E-state index in [-0.39, 0.29) is 29.7 Å². The van der Waals surface area contributed by atoms with Crippen molar-refractivity contribution in [2.45, 2.75) is 13.3 Å². The van der Waals surface area contributed by atoms with Crippen molar-refractivity contribution in [1.29, 1.82) is 0 Å². The molecule has 22 heavy (non-hydrogen) atoms. The number of nitrogens with one attached hydrogen (secondary N) is 2. The zero-order chi connectivity index (χ0) is 15.7. The van der Waals surface area contributed by atoms with Gasteiger partial charge in [-0.05, 0) is 37.6 Å². The molecule has 9 heteroatoms. The van der Waals surface area contributed by atoms with Crippen LogP contribution in [0.4, 0.5) is 5.69 Å². The minimum Gasteiger partial charge on any atom is -0.497 e. The van der Waals surface area contributed by atoms with Crippen LogP contribution >= 0.6 is 24.0 Å². The van der Waals surface area contributed by atoms with Crippen molar-refractivity contribution < 1.29 is 13.2 Å². The number of methoxy groups -OCH3 is 1. The Hall–Kier alpha value is -1.07. The number of ether oxygens (including phenoxy) is 1. The van der Waals surface area contributed by atoms with Crippen molar-refractivity contribution in [2.24, 2.45) is 10.7 Å². The Morgan fingerprint density at radius 3 is 2.50 bits per heavy atom. The molecule has 0 bridgehead atoms. The molecular weight excluding hydrogens is 419 g/mol. The molecule has 0 aliphatic rings. The van der Waals surface area contributed by atoms with Crippen LogP contribution in [-0.2, 0) is 10.0 Å². The summed E-state index contributed by atoms with van der Waals surface area (Å²) in [6.07, 6.45) is 0.588. The molecule has 0 amide bonds. The standard InChI is InChI=1S/C13H22N4O3S.HI/c1-3-21(18,19)16-10-4-9-15-13(14)17-11-5-7-12(20-2)8-6-11;/h5-8,16H,3-4,9-10H2,1-2H3,(H3,14,15,17);1H. The summed E-state index contributed by atoms with van der Waals surface area (Å²) in [6, 6.07) is 7.29. The first kappa shape index (κ1) is 20.9. The smallest absolute Gasteiger partial charge is 0.211 e. The van der Waals surface area contributed by atoms with Crippen LogP contribution in [0.1, 0.15) is 13.3 Å². The average molecular weight is 442 g/mol. The van der Waals surface area contributed by atoms with Gasteiger partial charge in [-0.2, -0.15) is 0 Å². The quantitative estimate of drug-likeness (QED) is 0.244. The number of nitrogens with two attached hydrogens (primary N) is 1. The van der Waals surface area contributed by atoms with Crippen molar-refractivity contribution in [2.75, 3.05) is 31.3 Å². The first-order valence-corrected chi connectivity index (χ1v) is 8.30. The zero-order valence-corrected chi connectivity index (χ0v) is 15.9. The molecular formula is C13H23IN4O3S. The van der Waals surface area contributed by atoms with Gasteiger partial charge in [0, 0.05) is 18.8 Å². The lowest BCUT2D eigenvalue weighted by Crippen LogP contribution is -2.27. The summed E-state index contributed by atoms with van der Waals surface area (Å²) >= 11 is 0. The van der Waals surface area contributed by atoms with Gasteiger partial charge in [-0.25, -0.2) is 13.1 Å². The fourth-order valence-electron chi connectivity index (χ4n) is 1.47. The number of sulfonamides is 1. The topological polar surface area (TPSA) is 106 Å². The normalized spacial score (nSPS) is 11.6. The predicted molar refractivity (Wildman–Crippen MR) is 101 cm³/mol. The Balaban J connectivity index is 0.00000441. The zero-order valence-electron chi connectivity index (χ0n) is 12.7. The third kappa shape index (κ3) is 8.39. The second-order valence-corrected chi connectivity index (χ2v) is 6.37. The lowest BCUT2D eigenvalue weighted by Gasteiger charge is -2.07. The molecule has 0 radical (unpaired) electrons. The van der Waals surface area contributed by atoms with Gasteiger partial charge in [-0.1, -0.05) is 0 Å². The fourth-order valence-corrected chi connectivity index (χ4v) is 2.13. The molecule has 1 aromatic carbocycles. The highest BCUT2D eigenvalue weighted by molar-refractivity contribution is 14.0. The van der Waals surface area contributed by atoms with Gasteiger partial charge in [0.25, 0.3) is 0 Å². The Kier molecular flexibility index (Phi) is 10.1. The van der Waals surface area contributed by atoms with Crippen molar-refractivity contribution >= 4 is 45.6 Å². The Morgan fingerprint density at radius 1 is 1.32 bits per heavy atom. The van der Waals surface area contributed by atoms with Gasteiger partial charge in [0.2, 0.25) is 10.0 Å². The van der Waals surface area contributed by atoms with E-state index in [2.05, 4.69) is 15.0 Å². The van der Waals surface area contributed by atoms with Crippen LogP contribution in [0.2, 0.25) is 0 Å². The molecule has 7 nitrogen and oxygen atoms in total. The summed E-state index contributed by atoms with van der Waals surface area (Å²) in [5, 5.41) is 2.95. The summed E-state index contributed by atoms with van der Waals surface area (Å²) in [5.74, 6) is 1.13. The molecule has 0 spiro atoms. The molecule has 0 saturated carbocycles. The van der Waals surface area contributed by atoms with Gasteiger partial charge in [0.05, 0.1) is 12.9 Å². The summed E-state index contributed by atoms with van der Waals surface area (Å²) in [7, 11) is -1.53. The monoisotopic (exact) mass is 442 g/mol. The number of guanidine groups is 1. The molecule has 0 aromatic heterocycles. The molecule has 0 unspecified atom stereocenters. The van der Waals surface area contributed by atoms with Crippen LogP contribution in [0.25, 0.3) is 0 Å². The molecule has 126 valence electrons. The number of benzene rings is 1. The van der Waals surface area contributed by atoms with E-state index >= 15 is 0 Å². The van der Waals surface area contributed by atoms with Crippen LogP contribution in [0, 0.1) is 0 Å². The lowest BCUT2D eigenvalue weighted by atomic mass is 10.3. The lowest BCUT2D eigenvalue weighted by molar-refractivity contribution is 0.415. The Morgan fingerprint density at radius 2 is 1.95 bits per heavy atom. The second-order valence-electron chi connectivity index (χ2n) is 4.27. The van der Waals surface area contributed by atoms with Gasteiger partial charge >= 0.3 is 0 Å². The second kappa shape index (κ2) is 10.6. The molecule has 0 aliphatic carbocycles. The van der Waals surface area contributed by atoms with Gasteiger partial charge in [-0.3, -0.25) is 4.99 Å². The minimum atomic E-state index is -3.13. The highest BCUT2D eigenvalue weighted by atomic mass is 127. The molecule has 0 atom stereocenters. The third-order valence-corrected chi connectivity index (χ3v) is 4.09. The molecule has 4 N–H and O–H groups in total. The van der Waals surface area contributed by atoms with E-state index in [0.717, 1.165) is 11.4 Å². The van der Waals surface area contributed by atoms with E-state index in [4.69, 9.17) is 10.5 Å². The summed E-state index contributed by atoms with van der Waals surface area (Å²) in [6.45, 7) is 2.40. The molecule has 1 aromatic rings. The van der Waals surface area contributed by atoms with Crippen LogP contribution in [0.15, 0.2) is 29.3 Å². The van der Waals surface area contributed by atoms with E-state index in [1.54, 1.807) is 14.0 Å². The Labute approximate surface area is 148 Å². The first-order chi connectivity index (χ1) is 9.96. The number of hydrogen-bond acceptors (Lipinski definition) is 4. The van der Waals surface area contributed by atoms with Crippen LogP contribution in [0.3, 0.4) is 0 Å². The Bertz CT molecular complexity index is 561. The molecule has 0 saturated heterocycles. The van der Waals surface area contributed by atoms with Gasteiger partial charge in [0.1, 0.15) is 5.75 Å². The van der Waals surface area contributed by atoms with Crippen LogP contribution < -0.4 is 20.5 Å². The van der Waals surface area contributed by atoms with E-state index in [1.165, 1.54) is 0 Å². The largest absolute Gasteiger partial charge is 0.497 e. The first-order valence-electron chi connectivity index (χ1n) is 6.65. The van der Waals surface area contributed by atoms with E-state index < -0.39 is 10.0 Å². The number of rotatable bonds is 8. The summed E-state index contributed by atoms with van der Waals surface area (Å²) in [5.41, 5.74) is 6.55. The van der Waals surface area contributed by atoms with Crippen LogP contribution in [-0.4, -0.2) is 40.3 Å². The predicted octanol–water partition coefficient (Wildman–Crippen LogP) is 1.37. The van der Waals surface area contributed by atoms with Gasteiger partial charge in [-0.15, -0.1) is 24.0 Å². The number of hydrogen-bond donors (Lipinski definition) is 3. The molecule has 0 heterocycles. The van der Waals surface area contributed by atoms with Crippen molar-refractivity contribution in [3.63, 3.8) is 0 Å². The highest BCUT2D eigenvalue weighted by Gasteiger charge is 2.04.